The van der Waals surface area contributed by atoms with Crippen LogP contribution in [0.4, 0.5) is 0 Å². The van der Waals surface area contributed by atoms with Crippen molar-refractivity contribution in [2.75, 3.05) is 0 Å². The van der Waals surface area contributed by atoms with Crippen molar-refractivity contribution in [3.05, 3.63) is 41.2 Å². The van der Waals surface area contributed by atoms with Crippen molar-refractivity contribution < 1.29 is 4.79 Å². The van der Waals surface area contributed by atoms with Gasteiger partial charge in [0.1, 0.15) is 0 Å². The van der Waals surface area contributed by atoms with Crippen molar-refractivity contribution in [3.63, 3.8) is 0 Å². The molecule has 0 saturated heterocycles. The molecule has 0 unspecified atom stereocenters. The number of aromatic nitrogens is 3. The second kappa shape index (κ2) is 6.38. The molecule has 2 heterocycles. The molecule has 0 aliphatic carbocycles. The number of pyridine rings is 1. The van der Waals surface area contributed by atoms with Crippen LogP contribution >= 0.6 is 11.5 Å². The summed E-state index contributed by atoms with van der Waals surface area (Å²) in [6.07, 6.45) is 4.37. The molecule has 2 aromatic rings. The predicted molar refractivity (Wildman–Crippen MR) is 73.8 cm³/mol. The van der Waals surface area contributed by atoms with E-state index in [-0.39, 0.29) is 11.9 Å². The second-order valence-corrected chi connectivity index (χ2v) is 4.95. The molecule has 0 aliphatic heterocycles. The minimum Gasteiger partial charge on any atom is -0.330 e. The molecule has 0 bridgehead atoms. The average molecular weight is 276 g/mol. The van der Waals surface area contributed by atoms with Crippen LogP contribution in [-0.2, 0) is 6.54 Å². The van der Waals surface area contributed by atoms with Gasteiger partial charge in [0.15, 0.2) is 5.69 Å². The molecule has 100 valence electrons. The fourth-order valence-corrected chi connectivity index (χ4v) is 2.17. The van der Waals surface area contributed by atoms with Crippen molar-refractivity contribution in [1.82, 2.24) is 19.5 Å². The molecule has 2 rings (SSSR count). The molecule has 1 atom stereocenters. The van der Waals surface area contributed by atoms with Gasteiger partial charge < -0.3 is 4.90 Å². The molecule has 0 fully saturated rings. The Bertz CT molecular complexity index is 515. The van der Waals surface area contributed by atoms with Crippen molar-refractivity contribution in [2.45, 2.75) is 32.9 Å². The minimum atomic E-state index is -0.0695. The van der Waals surface area contributed by atoms with E-state index in [4.69, 9.17) is 0 Å². The summed E-state index contributed by atoms with van der Waals surface area (Å²) in [6.45, 7) is 4.67. The van der Waals surface area contributed by atoms with E-state index in [1.165, 1.54) is 11.5 Å². The number of rotatable bonds is 5. The minimum absolute atomic E-state index is 0.0695. The fourth-order valence-electron chi connectivity index (χ4n) is 1.74. The average Bonchev–Trinajstić information content (AvgIpc) is 2.98. The lowest BCUT2D eigenvalue weighted by Gasteiger charge is -2.27. The maximum Gasteiger partial charge on any atom is 0.275 e. The highest BCUT2D eigenvalue weighted by Gasteiger charge is 2.22. The smallest absolute Gasteiger partial charge is 0.275 e. The first-order chi connectivity index (χ1) is 9.22. The third kappa shape index (κ3) is 3.35. The monoisotopic (exact) mass is 276 g/mol. The summed E-state index contributed by atoms with van der Waals surface area (Å²) in [4.78, 5) is 18.2. The van der Waals surface area contributed by atoms with E-state index < -0.39 is 0 Å². The van der Waals surface area contributed by atoms with Gasteiger partial charge in [0.2, 0.25) is 0 Å². The van der Waals surface area contributed by atoms with Crippen LogP contribution in [0.5, 0.6) is 0 Å². The molecule has 1 amide bonds. The number of amides is 1. The van der Waals surface area contributed by atoms with Gasteiger partial charge in [0.05, 0.1) is 0 Å². The van der Waals surface area contributed by atoms with Crippen molar-refractivity contribution in [3.8, 4) is 0 Å². The van der Waals surface area contributed by atoms with E-state index in [9.17, 15) is 4.79 Å². The molecule has 19 heavy (non-hydrogen) atoms. The molecular formula is C13H16N4OS. The van der Waals surface area contributed by atoms with Gasteiger partial charge in [-0.2, -0.15) is 0 Å². The second-order valence-electron chi connectivity index (χ2n) is 4.34. The quantitative estimate of drug-likeness (QED) is 0.841. The lowest BCUT2D eigenvalue weighted by atomic mass is 10.1. The summed E-state index contributed by atoms with van der Waals surface area (Å²) >= 11 is 1.19. The van der Waals surface area contributed by atoms with Gasteiger partial charge >= 0.3 is 0 Å². The van der Waals surface area contributed by atoms with E-state index in [1.807, 2.05) is 24.0 Å². The largest absolute Gasteiger partial charge is 0.330 e. The summed E-state index contributed by atoms with van der Waals surface area (Å²) < 4.78 is 3.75. The van der Waals surface area contributed by atoms with Gasteiger partial charge in [-0.15, -0.1) is 5.10 Å². The zero-order chi connectivity index (χ0) is 13.7. The fraction of sp³-hybridized carbons (Fsp3) is 0.385. The molecule has 0 aliphatic rings. The van der Waals surface area contributed by atoms with E-state index >= 15 is 0 Å². The Balaban J connectivity index is 2.19. The molecule has 0 aromatic carbocycles. The summed E-state index contributed by atoms with van der Waals surface area (Å²) in [7, 11) is 0. The van der Waals surface area contributed by atoms with Crippen LogP contribution in [0.2, 0.25) is 0 Å². The first kappa shape index (κ1) is 13.6. The van der Waals surface area contributed by atoms with Gasteiger partial charge in [-0.05, 0) is 42.6 Å². The molecule has 6 heteroatoms. The van der Waals surface area contributed by atoms with Gasteiger partial charge in [-0.25, -0.2) is 0 Å². The summed E-state index contributed by atoms with van der Waals surface area (Å²) in [5.41, 5.74) is 1.48. The van der Waals surface area contributed by atoms with Crippen LogP contribution in [0, 0.1) is 0 Å². The zero-order valence-corrected chi connectivity index (χ0v) is 11.8. The Hall–Kier alpha value is -1.82. The molecule has 0 saturated carbocycles. The highest BCUT2D eigenvalue weighted by atomic mass is 32.1. The Morgan fingerprint density at radius 1 is 1.42 bits per heavy atom. The van der Waals surface area contributed by atoms with Crippen molar-refractivity contribution in [1.29, 1.82) is 0 Å². The standard InChI is InChI=1S/C13H16N4OS/c1-3-10(2)17(8-11-4-6-14-7-5-11)13(18)12-9-19-16-15-12/h4-7,9-10H,3,8H2,1-2H3/t10-/m1/s1. The Morgan fingerprint density at radius 2 is 2.16 bits per heavy atom. The molecule has 0 spiro atoms. The third-order valence-electron chi connectivity index (χ3n) is 3.07. The van der Waals surface area contributed by atoms with Crippen LogP contribution in [-0.4, -0.2) is 31.4 Å². The van der Waals surface area contributed by atoms with Gasteiger partial charge in [0.25, 0.3) is 5.91 Å². The molecule has 2 aromatic heterocycles. The summed E-state index contributed by atoms with van der Waals surface area (Å²) in [6, 6.07) is 3.99. The number of hydrogen-bond acceptors (Lipinski definition) is 5. The van der Waals surface area contributed by atoms with E-state index in [0.29, 0.717) is 12.2 Å². The molecule has 5 nitrogen and oxygen atoms in total. The lowest BCUT2D eigenvalue weighted by molar-refractivity contribution is 0.0665. The van der Waals surface area contributed by atoms with E-state index in [2.05, 4.69) is 21.5 Å². The Morgan fingerprint density at radius 3 is 2.74 bits per heavy atom. The lowest BCUT2D eigenvalue weighted by Crippen LogP contribution is -2.38. The topological polar surface area (TPSA) is 59.0 Å². The maximum absolute atomic E-state index is 12.4. The van der Waals surface area contributed by atoms with E-state index in [0.717, 1.165) is 12.0 Å². The zero-order valence-electron chi connectivity index (χ0n) is 11.0. The molecule has 0 radical (unpaired) electrons. The highest BCUT2D eigenvalue weighted by molar-refractivity contribution is 7.03. The van der Waals surface area contributed by atoms with Crippen LogP contribution in [0.1, 0.15) is 36.3 Å². The van der Waals surface area contributed by atoms with Crippen LogP contribution in [0.3, 0.4) is 0 Å². The van der Waals surface area contributed by atoms with E-state index in [1.54, 1.807) is 17.8 Å². The van der Waals surface area contributed by atoms with Crippen molar-refractivity contribution in [2.24, 2.45) is 0 Å². The van der Waals surface area contributed by atoms with Crippen molar-refractivity contribution >= 4 is 17.4 Å². The predicted octanol–water partition coefficient (Wildman–Crippen LogP) is 2.37. The van der Waals surface area contributed by atoms with Crippen LogP contribution in [0.15, 0.2) is 29.9 Å². The summed E-state index contributed by atoms with van der Waals surface area (Å²) in [5, 5.41) is 5.55. The summed E-state index contributed by atoms with van der Waals surface area (Å²) in [5.74, 6) is -0.0695. The first-order valence-corrected chi connectivity index (χ1v) is 7.03. The highest BCUT2D eigenvalue weighted by Crippen LogP contribution is 2.14. The third-order valence-corrected chi connectivity index (χ3v) is 3.57. The number of nitrogens with zero attached hydrogens (tertiary/aromatic N) is 4. The number of carbonyl (C=O) groups is 1. The SMILES string of the molecule is CC[C@@H](C)N(Cc1ccncc1)C(=O)c1csnn1. The molecule has 0 N–H and O–H groups in total. The van der Waals surface area contributed by atoms with Crippen LogP contribution in [0.25, 0.3) is 0 Å². The normalized spacial score (nSPS) is 12.1. The first-order valence-electron chi connectivity index (χ1n) is 6.19. The van der Waals surface area contributed by atoms with Gasteiger partial charge in [-0.1, -0.05) is 11.4 Å². The maximum atomic E-state index is 12.4. The number of carbonyl (C=O) groups excluding carboxylic acids is 1. The Labute approximate surface area is 116 Å². The van der Waals surface area contributed by atoms with Crippen LogP contribution < -0.4 is 0 Å². The molecular weight excluding hydrogens is 260 g/mol. The Kier molecular flexibility index (Phi) is 4.57. The van der Waals surface area contributed by atoms with Gasteiger partial charge in [0, 0.05) is 30.4 Å². The van der Waals surface area contributed by atoms with Gasteiger partial charge in [-0.3, -0.25) is 9.78 Å². The number of hydrogen-bond donors (Lipinski definition) is 0.